The minimum absolute atomic E-state index is 0.0334. The van der Waals surface area contributed by atoms with Crippen molar-refractivity contribution >= 4 is 17.5 Å². The van der Waals surface area contributed by atoms with Gasteiger partial charge >= 0.3 is 0 Å². The summed E-state index contributed by atoms with van der Waals surface area (Å²) in [6.45, 7) is 2.70. The first-order chi connectivity index (χ1) is 10.0. The number of likely N-dealkylation sites (tertiary alicyclic amines) is 1. The fourth-order valence-corrected chi connectivity index (χ4v) is 2.45. The van der Waals surface area contributed by atoms with Crippen molar-refractivity contribution in [3.05, 3.63) is 24.0 Å². The highest BCUT2D eigenvalue weighted by Gasteiger charge is 2.26. The average Bonchev–Trinajstić information content (AvgIpc) is 2.47. The van der Waals surface area contributed by atoms with Crippen LogP contribution in [0, 0.1) is 11.7 Å². The molecule has 0 spiro atoms. The summed E-state index contributed by atoms with van der Waals surface area (Å²) in [6.07, 6.45) is 1.26. The highest BCUT2D eigenvalue weighted by molar-refractivity contribution is 5.92. The molecule has 2 amide bonds. The van der Waals surface area contributed by atoms with Crippen molar-refractivity contribution < 1.29 is 18.7 Å². The van der Waals surface area contributed by atoms with Crippen molar-refractivity contribution in [1.29, 1.82) is 0 Å². The van der Waals surface area contributed by atoms with E-state index in [0.717, 1.165) is 0 Å². The Bertz CT molecular complexity index is 540. The predicted molar refractivity (Wildman–Crippen MR) is 76.6 cm³/mol. The summed E-state index contributed by atoms with van der Waals surface area (Å²) in [5, 5.41) is 2.71. The molecule has 0 atom stereocenters. The molecule has 6 heteroatoms. The first-order valence-electron chi connectivity index (χ1n) is 6.91. The van der Waals surface area contributed by atoms with Crippen LogP contribution in [0.1, 0.15) is 19.8 Å². The number of nitrogens with zero attached hydrogens (tertiary/aromatic N) is 1. The van der Waals surface area contributed by atoms with Crippen molar-refractivity contribution in [3.8, 4) is 5.75 Å². The zero-order valence-electron chi connectivity index (χ0n) is 12.2. The fraction of sp³-hybridized carbons (Fsp3) is 0.467. The maximum absolute atomic E-state index is 13.6. The second-order valence-electron chi connectivity index (χ2n) is 5.12. The third-order valence-corrected chi connectivity index (χ3v) is 3.73. The number of ether oxygens (including phenoxy) is 1. The number of carbonyl (C=O) groups is 2. The zero-order chi connectivity index (χ0) is 15.4. The van der Waals surface area contributed by atoms with Crippen LogP contribution in [0.3, 0.4) is 0 Å². The number of carbonyl (C=O) groups excluding carboxylic acids is 2. The quantitative estimate of drug-likeness (QED) is 0.928. The van der Waals surface area contributed by atoms with Crippen LogP contribution in [-0.4, -0.2) is 36.9 Å². The summed E-state index contributed by atoms with van der Waals surface area (Å²) in [5.74, 6) is -0.621. The third kappa shape index (κ3) is 3.71. The molecule has 0 unspecified atom stereocenters. The van der Waals surface area contributed by atoms with E-state index in [0.29, 0.717) is 31.6 Å². The molecule has 0 aromatic heterocycles. The van der Waals surface area contributed by atoms with Gasteiger partial charge in [0.1, 0.15) is 0 Å². The summed E-state index contributed by atoms with van der Waals surface area (Å²) < 4.78 is 18.4. The lowest BCUT2D eigenvalue weighted by Crippen LogP contribution is -2.40. The molecular weight excluding hydrogens is 275 g/mol. The molecule has 0 aliphatic carbocycles. The van der Waals surface area contributed by atoms with Gasteiger partial charge in [-0.2, -0.15) is 0 Å². The molecule has 0 saturated carbocycles. The minimum atomic E-state index is -0.512. The molecule has 1 aliphatic rings. The normalized spacial score (nSPS) is 15.7. The van der Waals surface area contributed by atoms with Crippen LogP contribution in [0.2, 0.25) is 0 Å². The van der Waals surface area contributed by atoms with E-state index < -0.39 is 5.82 Å². The van der Waals surface area contributed by atoms with E-state index >= 15 is 0 Å². The monoisotopic (exact) mass is 294 g/mol. The van der Waals surface area contributed by atoms with E-state index in [1.807, 2.05) is 0 Å². The molecular formula is C15H19FN2O3. The van der Waals surface area contributed by atoms with Gasteiger partial charge in [0, 0.05) is 37.7 Å². The Labute approximate surface area is 123 Å². The Kier molecular flexibility index (Phi) is 4.77. The van der Waals surface area contributed by atoms with Crippen LogP contribution in [0.5, 0.6) is 5.75 Å². The number of benzene rings is 1. The summed E-state index contributed by atoms with van der Waals surface area (Å²) in [7, 11) is 1.39. The molecule has 1 heterocycles. The molecule has 1 saturated heterocycles. The number of amides is 2. The molecule has 114 valence electrons. The molecule has 1 aliphatic heterocycles. The largest absolute Gasteiger partial charge is 0.494 e. The Morgan fingerprint density at radius 1 is 1.33 bits per heavy atom. The van der Waals surface area contributed by atoms with Crippen molar-refractivity contribution in [2.24, 2.45) is 5.92 Å². The van der Waals surface area contributed by atoms with Gasteiger partial charge in [-0.1, -0.05) is 0 Å². The first kappa shape index (κ1) is 15.3. The van der Waals surface area contributed by atoms with Gasteiger partial charge < -0.3 is 15.0 Å². The topological polar surface area (TPSA) is 58.6 Å². The fourth-order valence-electron chi connectivity index (χ4n) is 2.45. The number of hydrogen-bond acceptors (Lipinski definition) is 3. The van der Waals surface area contributed by atoms with Crippen molar-refractivity contribution in [1.82, 2.24) is 4.90 Å². The number of nitrogens with one attached hydrogen (secondary N) is 1. The van der Waals surface area contributed by atoms with Gasteiger partial charge in [0.2, 0.25) is 11.8 Å². The number of hydrogen-bond donors (Lipinski definition) is 1. The highest BCUT2D eigenvalue weighted by atomic mass is 19.1. The molecule has 0 radical (unpaired) electrons. The smallest absolute Gasteiger partial charge is 0.227 e. The lowest BCUT2D eigenvalue weighted by Gasteiger charge is -2.30. The molecule has 5 nitrogen and oxygen atoms in total. The van der Waals surface area contributed by atoms with E-state index in [4.69, 9.17) is 4.74 Å². The number of piperidine rings is 1. The van der Waals surface area contributed by atoms with Gasteiger partial charge in [-0.15, -0.1) is 0 Å². The predicted octanol–water partition coefficient (Wildman–Crippen LogP) is 2.03. The Balaban J connectivity index is 1.93. The Hall–Kier alpha value is -2.11. The van der Waals surface area contributed by atoms with Gasteiger partial charge in [0.25, 0.3) is 0 Å². The first-order valence-corrected chi connectivity index (χ1v) is 6.91. The summed E-state index contributed by atoms with van der Waals surface area (Å²) in [5.41, 5.74) is 0.410. The molecule has 1 aromatic rings. The molecule has 1 aromatic carbocycles. The van der Waals surface area contributed by atoms with Crippen LogP contribution in [0.25, 0.3) is 0 Å². The summed E-state index contributed by atoms with van der Waals surface area (Å²) >= 11 is 0. The molecule has 1 fully saturated rings. The van der Waals surface area contributed by atoms with E-state index in [1.54, 1.807) is 11.0 Å². The zero-order valence-corrected chi connectivity index (χ0v) is 12.2. The minimum Gasteiger partial charge on any atom is -0.494 e. The van der Waals surface area contributed by atoms with Gasteiger partial charge in [-0.05, 0) is 25.0 Å². The van der Waals surface area contributed by atoms with Crippen LogP contribution < -0.4 is 10.1 Å². The lowest BCUT2D eigenvalue weighted by molar-refractivity contribution is -0.132. The SMILES string of the molecule is COc1ccc(NC(=O)C2CCN(C(C)=O)CC2)cc1F. The third-order valence-electron chi connectivity index (χ3n) is 3.73. The Morgan fingerprint density at radius 3 is 2.52 bits per heavy atom. The van der Waals surface area contributed by atoms with Crippen LogP contribution >= 0.6 is 0 Å². The van der Waals surface area contributed by atoms with E-state index in [9.17, 15) is 14.0 Å². The summed E-state index contributed by atoms with van der Waals surface area (Å²) in [6, 6.07) is 4.31. The maximum atomic E-state index is 13.6. The number of anilines is 1. The number of methoxy groups -OCH3 is 1. The van der Waals surface area contributed by atoms with Gasteiger partial charge in [-0.3, -0.25) is 9.59 Å². The lowest BCUT2D eigenvalue weighted by atomic mass is 9.96. The number of halogens is 1. The van der Waals surface area contributed by atoms with Crippen molar-refractivity contribution in [2.75, 3.05) is 25.5 Å². The second-order valence-corrected chi connectivity index (χ2v) is 5.12. The highest BCUT2D eigenvalue weighted by Crippen LogP contribution is 2.23. The van der Waals surface area contributed by atoms with Gasteiger partial charge in [0.15, 0.2) is 11.6 Å². The number of rotatable bonds is 3. The van der Waals surface area contributed by atoms with Crippen LogP contribution in [-0.2, 0) is 9.59 Å². The van der Waals surface area contributed by atoms with Gasteiger partial charge in [-0.25, -0.2) is 4.39 Å². The van der Waals surface area contributed by atoms with E-state index in [2.05, 4.69) is 5.32 Å². The molecule has 2 rings (SSSR count). The molecule has 21 heavy (non-hydrogen) atoms. The average molecular weight is 294 g/mol. The van der Waals surface area contributed by atoms with Crippen molar-refractivity contribution in [2.45, 2.75) is 19.8 Å². The Morgan fingerprint density at radius 2 is 2.00 bits per heavy atom. The second kappa shape index (κ2) is 6.56. The van der Waals surface area contributed by atoms with Crippen LogP contribution in [0.15, 0.2) is 18.2 Å². The van der Waals surface area contributed by atoms with Crippen LogP contribution in [0.4, 0.5) is 10.1 Å². The maximum Gasteiger partial charge on any atom is 0.227 e. The van der Waals surface area contributed by atoms with Crippen molar-refractivity contribution in [3.63, 3.8) is 0 Å². The van der Waals surface area contributed by atoms with Gasteiger partial charge in [0.05, 0.1) is 7.11 Å². The van der Waals surface area contributed by atoms with E-state index in [-0.39, 0.29) is 23.5 Å². The standard InChI is InChI=1S/C15H19FN2O3/c1-10(19)18-7-5-11(6-8-18)15(20)17-12-3-4-14(21-2)13(16)9-12/h3-4,9,11H,5-8H2,1-2H3,(H,17,20). The summed E-state index contributed by atoms with van der Waals surface area (Å²) in [4.78, 5) is 25.1. The molecule has 0 bridgehead atoms. The van der Waals surface area contributed by atoms with E-state index in [1.165, 1.54) is 26.2 Å². The molecule has 1 N–H and O–H groups in total.